The van der Waals surface area contributed by atoms with E-state index in [0.29, 0.717) is 0 Å². The summed E-state index contributed by atoms with van der Waals surface area (Å²) in [5.74, 6) is -1.76. The summed E-state index contributed by atoms with van der Waals surface area (Å²) in [6.45, 7) is -0.506. The number of hydrogen-bond donors (Lipinski definition) is 3. The molecular formula is C12H12FN3O5S. The number of hydrogen-bond acceptors (Lipinski definition) is 5. The molecule has 0 aliphatic rings. The van der Waals surface area contributed by atoms with Crippen LogP contribution in [0.2, 0.25) is 0 Å². The molecular weight excluding hydrogens is 317 g/mol. The maximum absolute atomic E-state index is 12.8. The van der Waals surface area contributed by atoms with E-state index in [1.807, 2.05) is 0 Å². The van der Waals surface area contributed by atoms with Gasteiger partial charge in [0.05, 0.1) is 19.1 Å². The lowest BCUT2D eigenvalue weighted by Gasteiger charge is -2.15. The molecule has 118 valence electrons. The van der Waals surface area contributed by atoms with Crippen LogP contribution in [0.5, 0.6) is 5.75 Å². The molecule has 0 radical (unpaired) electrons. The molecule has 1 aromatic heterocycles. The number of rotatable bonds is 7. The second-order valence-electron chi connectivity index (χ2n) is 4.17. The number of nitrogens with one attached hydrogen (secondary N) is 2. The minimum absolute atomic E-state index is 0.106. The van der Waals surface area contributed by atoms with Crippen molar-refractivity contribution in [2.45, 2.75) is 11.1 Å². The van der Waals surface area contributed by atoms with Gasteiger partial charge >= 0.3 is 5.97 Å². The van der Waals surface area contributed by atoms with Crippen molar-refractivity contribution in [3.05, 3.63) is 42.6 Å². The molecule has 1 heterocycles. The fourth-order valence-corrected chi connectivity index (χ4v) is 2.44. The zero-order valence-corrected chi connectivity index (χ0v) is 11.9. The summed E-state index contributed by atoms with van der Waals surface area (Å²) in [7, 11) is -3.92. The van der Waals surface area contributed by atoms with Crippen molar-refractivity contribution in [1.29, 1.82) is 0 Å². The number of benzene rings is 1. The van der Waals surface area contributed by atoms with E-state index >= 15 is 0 Å². The van der Waals surface area contributed by atoms with Crippen LogP contribution in [0.1, 0.15) is 0 Å². The van der Waals surface area contributed by atoms with Gasteiger partial charge in [-0.1, -0.05) is 0 Å². The maximum Gasteiger partial charge on any atom is 0.346 e. The Morgan fingerprint density at radius 1 is 1.41 bits per heavy atom. The van der Waals surface area contributed by atoms with Crippen molar-refractivity contribution in [2.24, 2.45) is 0 Å². The molecule has 0 fully saturated rings. The van der Waals surface area contributed by atoms with Gasteiger partial charge in [0.25, 0.3) is 10.0 Å². The van der Waals surface area contributed by atoms with Crippen molar-refractivity contribution in [1.82, 2.24) is 14.7 Å². The third-order valence-electron chi connectivity index (χ3n) is 2.59. The molecule has 0 aliphatic carbocycles. The number of aliphatic carboxylic acids is 1. The minimum atomic E-state index is -3.92. The van der Waals surface area contributed by atoms with E-state index in [0.717, 1.165) is 18.3 Å². The van der Waals surface area contributed by atoms with Crippen LogP contribution < -0.4 is 9.46 Å². The van der Waals surface area contributed by atoms with Crippen LogP contribution in [0.4, 0.5) is 4.39 Å². The predicted octanol–water partition coefficient (Wildman–Crippen LogP) is 0.359. The summed E-state index contributed by atoms with van der Waals surface area (Å²) in [4.78, 5) is 17.1. The van der Waals surface area contributed by atoms with Crippen LogP contribution in [0.25, 0.3) is 0 Å². The standard InChI is InChI=1S/C12H12FN3O5S/c13-8-1-3-9(4-2-8)21-10(12(17)18)5-16-22(19,20)11-6-14-7-15-11/h1-4,6-7,10,16H,5H2,(H,14,15)(H,17,18). The Balaban J connectivity index is 2.03. The molecule has 2 aromatic rings. The lowest BCUT2D eigenvalue weighted by Crippen LogP contribution is -2.40. The molecule has 0 amide bonds. The van der Waals surface area contributed by atoms with Crippen LogP contribution in [0.3, 0.4) is 0 Å². The van der Waals surface area contributed by atoms with Crippen molar-refractivity contribution >= 4 is 16.0 Å². The van der Waals surface area contributed by atoms with E-state index in [1.54, 1.807) is 0 Å². The number of imidazole rings is 1. The number of sulfonamides is 1. The van der Waals surface area contributed by atoms with Crippen LogP contribution >= 0.6 is 0 Å². The van der Waals surface area contributed by atoms with Gasteiger partial charge in [-0.3, -0.25) is 0 Å². The zero-order valence-electron chi connectivity index (χ0n) is 11.1. The van der Waals surface area contributed by atoms with E-state index in [9.17, 15) is 17.6 Å². The maximum atomic E-state index is 12.8. The van der Waals surface area contributed by atoms with E-state index in [-0.39, 0.29) is 10.8 Å². The number of carbonyl (C=O) groups is 1. The molecule has 0 spiro atoms. The van der Waals surface area contributed by atoms with Gasteiger partial charge in [0, 0.05) is 0 Å². The summed E-state index contributed by atoms with van der Waals surface area (Å²) in [6.07, 6.45) is 0.792. The first-order valence-electron chi connectivity index (χ1n) is 6.01. The predicted molar refractivity (Wildman–Crippen MR) is 72.2 cm³/mol. The Labute approximate surface area is 125 Å². The van der Waals surface area contributed by atoms with Crippen LogP contribution in [0.15, 0.2) is 41.8 Å². The Morgan fingerprint density at radius 2 is 2.09 bits per heavy atom. The average Bonchev–Trinajstić information content (AvgIpc) is 3.00. The van der Waals surface area contributed by atoms with Gasteiger partial charge in [0.2, 0.25) is 6.10 Å². The molecule has 0 bridgehead atoms. The van der Waals surface area contributed by atoms with E-state index in [4.69, 9.17) is 9.84 Å². The van der Waals surface area contributed by atoms with E-state index < -0.39 is 34.5 Å². The number of aromatic nitrogens is 2. The second kappa shape index (κ2) is 6.54. The molecule has 0 saturated carbocycles. The molecule has 0 saturated heterocycles. The fourth-order valence-electron chi connectivity index (χ4n) is 1.51. The van der Waals surface area contributed by atoms with Gasteiger partial charge in [-0.25, -0.2) is 27.3 Å². The second-order valence-corrected chi connectivity index (χ2v) is 5.90. The molecule has 2 rings (SSSR count). The minimum Gasteiger partial charge on any atom is -0.478 e. The molecule has 1 aromatic carbocycles. The molecule has 3 N–H and O–H groups in total. The van der Waals surface area contributed by atoms with Gasteiger partial charge < -0.3 is 14.8 Å². The largest absolute Gasteiger partial charge is 0.478 e. The van der Waals surface area contributed by atoms with Crippen molar-refractivity contribution in [2.75, 3.05) is 6.54 Å². The third-order valence-corrected chi connectivity index (χ3v) is 3.94. The SMILES string of the molecule is O=C(O)C(CNS(=O)(=O)c1cnc[nH]1)Oc1ccc(F)cc1. The molecule has 8 nitrogen and oxygen atoms in total. The highest BCUT2D eigenvalue weighted by Gasteiger charge is 2.24. The first-order chi connectivity index (χ1) is 10.4. The molecule has 22 heavy (non-hydrogen) atoms. The Bertz CT molecular complexity index is 731. The topological polar surface area (TPSA) is 121 Å². The monoisotopic (exact) mass is 329 g/mol. The third kappa shape index (κ3) is 4.02. The first-order valence-corrected chi connectivity index (χ1v) is 7.50. The van der Waals surface area contributed by atoms with Gasteiger partial charge in [-0.05, 0) is 24.3 Å². The lowest BCUT2D eigenvalue weighted by atomic mass is 10.3. The normalized spacial score (nSPS) is 12.8. The summed E-state index contributed by atoms with van der Waals surface area (Å²) in [6, 6.07) is 4.69. The highest BCUT2D eigenvalue weighted by molar-refractivity contribution is 7.89. The fraction of sp³-hybridized carbons (Fsp3) is 0.167. The summed E-state index contributed by atoms with van der Waals surface area (Å²) < 4.78 is 43.7. The zero-order chi connectivity index (χ0) is 16.2. The molecule has 1 unspecified atom stereocenters. The molecule has 0 aliphatic heterocycles. The quantitative estimate of drug-likeness (QED) is 0.674. The van der Waals surface area contributed by atoms with Crippen molar-refractivity contribution < 1.29 is 27.4 Å². The Kier molecular flexibility index (Phi) is 4.73. The average molecular weight is 329 g/mol. The van der Waals surface area contributed by atoms with Gasteiger partial charge in [-0.2, -0.15) is 0 Å². The Morgan fingerprint density at radius 3 is 2.64 bits per heavy atom. The number of halogens is 1. The highest BCUT2D eigenvalue weighted by atomic mass is 32.2. The highest BCUT2D eigenvalue weighted by Crippen LogP contribution is 2.13. The summed E-state index contributed by atoms with van der Waals surface area (Å²) in [5.41, 5.74) is 0. The van der Waals surface area contributed by atoms with Crippen molar-refractivity contribution in [3.8, 4) is 5.75 Å². The number of nitrogens with zero attached hydrogens (tertiary/aromatic N) is 1. The smallest absolute Gasteiger partial charge is 0.346 e. The first kappa shape index (κ1) is 15.9. The Hall–Kier alpha value is -2.46. The van der Waals surface area contributed by atoms with Crippen LogP contribution in [-0.2, 0) is 14.8 Å². The number of carboxylic acids is 1. The molecule has 1 atom stereocenters. The number of ether oxygens (including phenoxy) is 1. The van der Waals surface area contributed by atoms with E-state index in [1.165, 1.54) is 18.5 Å². The molecule has 10 heteroatoms. The lowest BCUT2D eigenvalue weighted by molar-refractivity contribution is -0.144. The number of H-pyrrole nitrogens is 1. The van der Waals surface area contributed by atoms with Crippen LogP contribution in [0, 0.1) is 5.82 Å². The summed E-state index contributed by atoms with van der Waals surface area (Å²) >= 11 is 0. The number of carboxylic acid groups (broad SMARTS) is 1. The van der Waals surface area contributed by atoms with Gasteiger partial charge in [-0.15, -0.1) is 0 Å². The van der Waals surface area contributed by atoms with Gasteiger partial charge in [0.15, 0.2) is 5.03 Å². The van der Waals surface area contributed by atoms with Crippen LogP contribution in [-0.4, -0.2) is 42.1 Å². The van der Waals surface area contributed by atoms with Crippen molar-refractivity contribution in [3.63, 3.8) is 0 Å². The number of aromatic amines is 1. The van der Waals surface area contributed by atoms with Gasteiger partial charge in [0.1, 0.15) is 11.6 Å². The van der Waals surface area contributed by atoms with E-state index in [2.05, 4.69) is 14.7 Å². The summed E-state index contributed by atoms with van der Waals surface area (Å²) in [5, 5.41) is 8.87.